The van der Waals surface area contributed by atoms with Gasteiger partial charge in [0.2, 0.25) is 10.0 Å². The summed E-state index contributed by atoms with van der Waals surface area (Å²) >= 11 is 1.34. The lowest BCUT2D eigenvalue weighted by Gasteiger charge is -2.09. The second kappa shape index (κ2) is 6.58. The van der Waals surface area contributed by atoms with E-state index in [1.54, 1.807) is 30.5 Å². The summed E-state index contributed by atoms with van der Waals surface area (Å²) in [6.45, 7) is 3.41. The zero-order valence-electron chi connectivity index (χ0n) is 13.9. The van der Waals surface area contributed by atoms with Gasteiger partial charge < -0.3 is 4.74 Å². The number of aromatic nitrogens is 2. The van der Waals surface area contributed by atoms with Gasteiger partial charge in [0.1, 0.15) is 5.75 Å². The molecule has 0 atom stereocenters. The molecule has 0 saturated heterocycles. The van der Waals surface area contributed by atoms with Gasteiger partial charge in [-0.1, -0.05) is 12.1 Å². The first-order chi connectivity index (χ1) is 11.8. The van der Waals surface area contributed by atoms with Crippen molar-refractivity contribution in [2.75, 3.05) is 7.11 Å². The molecule has 0 spiro atoms. The zero-order chi connectivity index (χ0) is 18.2. The van der Waals surface area contributed by atoms with Crippen LogP contribution in [0.5, 0.6) is 5.75 Å². The van der Waals surface area contributed by atoms with Crippen LogP contribution in [0.25, 0.3) is 4.96 Å². The molecule has 3 rings (SSSR count). The Labute approximate surface area is 149 Å². The van der Waals surface area contributed by atoms with Crippen molar-refractivity contribution in [3.63, 3.8) is 0 Å². The second-order valence-corrected chi connectivity index (χ2v) is 8.42. The van der Waals surface area contributed by atoms with Gasteiger partial charge in [-0.3, -0.25) is 9.20 Å². The number of methoxy groups -OCH3 is 1. The Hall–Kier alpha value is -2.23. The van der Waals surface area contributed by atoms with E-state index in [4.69, 9.17) is 4.74 Å². The second-order valence-electron chi connectivity index (χ2n) is 5.50. The maximum Gasteiger partial charge on any atom is 0.279 e. The van der Waals surface area contributed by atoms with E-state index in [2.05, 4.69) is 9.71 Å². The van der Waals surface area contributed by atoms with Gasteiger partial charge in [0.25, 0.3) is 5.56 Å². The third-order valence-electron chi connectivity index (χ3n) is 3.64. The summed E-state index contributed by atoms with van der Waals surface area (Å²) in [4.78, 5) is 17.9. The normalized spacial score (nSPS) is 11.8. The van der Waals surface area contributed by atoms with Crippen LogP contribution in [0.15, 0.2) is 40.2 Å². The lowest BCUT2D eigenvalue weighted by atomic mass is 10.2. The predicted molar refractivity (Wildman–Crippen MR) is 95.8 cm³/mol. The molecule has 132 valence electrons. The van der Waals surface area contributed by atoms with Crippen LogP contribution in [0.2, 0.25) is 0 Å². The van der Waals surface area contributed by atoms with Crippen molar-refractivity contribution in [3.05, 3.63) is 57.0 Å². The summed E-state index contributed by atoms with van der Waals surface area (Å²) < 4.78 is 34.2. The Morgan fingerprint density at radius 3 is 2.80 bits per heavy atom. The molecule has 0 saturated carbocycles. The van der Waals surface area contributed by atoms with Gasteiger partial charge in [-0.25, -0.2) is 18.1 Å². The molecule has 0 radical (unpaired) electrons. The molecule has 0 amide bonds. The molecule has 0 aliphatic heterocycles. The van der Waals surface area contributed by atoms with E-state index in [0.29, 0.717) is 10.7 Å². The predicted octanol–water partition coefficient (Wildman–Crippen LogP) is 1.86. The highest BCUT2D eigenvalue weighted by Gasteiger charge is 2.24. The molecule has 0 unspecified atom stereocenters. The van der Waals surface area contributed by atoms with Crippen molar-refractivity contribution in [2.45, 2.75) is 25.3 Å². The Kier molecular flexibility index (Phi) is 4.63. The molecule has 1 aromatic carbocycles. The minimum absolute atomic E-state index is 0.0454. The number of hydrogen-bond acceptors (Lipinski definition) is 6. The average Bonchev–Trinajstić information content (AvgIpc) is 2.93. The number of sulfonamides is 1. The largest absolute Gasteiger partial charge is 0.497 e. The van der Waals surface area contributed by atoms with Crippen molar-refractivity contribution in [1.82, 2.24) is 14.1 Å². The first kappa shape index (κ1) is 17.6. The topological polar surface area (TPSA) is 89.8 Å². The highest BCUT2D eigenvalue weighted by Crippen LogP contribution is 2.17. The zero-order valence-corrected chi connectivity index (χ0v) is 15.6. The molecule has 0 bridgehead atoms. The van der Waals surface area contributed by atoms with Crippen LogP contribution < -0.4 is 15.0 Å². The minimum Gasteiger partial charge on any atom is -0.497 e. The van der Waals surface area contributed by atoms with Gasteiger partial charge in [-0.05, 0) is 31.5 Å². The van der Waals surface area contributed by atoms with Gasteiger partial charge >= 0.3 is 0 Å². The SMILES string of the molecule is COc1cccc(CNS(=O)(=O)c2c(C)nc3sc(C)cn3c2=O)c1. The van der Waals surface area contributed by atoms with Crippen molar-refractivity contribution >= 4 is 26.3 Å². The van der Waals surface area contributed by atoms with Crippen LogP contribution in [-0.2, 0) is 16.6 Å². The van der Waals surface area contributed by atoms with Crippen LogP contribution in [0.4, 0.5) is 0 Å². The number of nitrogens with zero attached hydrogens (tertiary/aromatic N) is 2. The summed E-state index contributed by atoms with van der Waals surface area (Å²) in [5.41, 5.74) is 0.316. The maximum absolute atomic E-state index is 12.7. The number of ether oxygens (including phenoxy) is 1. The van der Waals surface area contributed by atoms with E-state index in [-0.39, 0.29) is 17.1 Å². The molecule has 0 aliphatic carbocycles. The molecule has 3 aromatic rings. The smallest absolute Gasteiger partial charge is 0.279 e. The average molecular weight is 379 g/mol. The van der Waals surface area contributed by atoms with Gasteiger partial charge in [0.15, 0.2) is 9.86 Å². The number of rotatable bonds is 5. The number of aryl methyl sites for hydroxylation is 2. The number of fused-ring (bicyclic) bond motifs is 1. The fourth-order valence-electron chi connectivity index (χ4n) is 2.48. The van der Waals surface area contributed by atoms with E-state index in [9.17, 15) is 13.2 Å². The number of benzene rings is 1. The Balaban J connectivity index is 1.97. The van der Waals surface area contributed by atoms with Crippen LogP contribution in [0.3, 0.4) is 0 Å². The standard InChI is InChI=1S/C16H17N3O4S2/c1-10-9-19-15(20)14(11(2)18-16(19)24-10)25(21,22)17-8-12-5-4-6-13(7-12)23-3/h4-7,9,17H,8H2,1-3H3. The van der Waals surface area contributed by atoms with Crippen molar-refractivity contribution in [3.8, 4) is 5.75 Å². The lowest BCUT2D eigenvalue weighted by molar-refractivity contribution is 0.414. The monoisotopic (exact) mass is 379 g/mol. The summed E-state index contributed by atoms with van der Waals surface area (Å²) in [5, 5.41) is 0. The molecule has 2 aromatic heterocycles. The highest BCUT2D eigenvalue weighted by molar-refractivity contribution is 7.89. The van der Waals surface area contributed by atoms with Crippen LogP contribution in [0, 0.1) is 13.8 Å². The van der Waals surface area contributed by atoms with Crippen molar-refractivity contribution in [2.24, 2.45) is 0 Å². The number of hydrogen-bond donors (Lipinski definition) is 1. The van der Waals surface area contributed by atoms with Crippen LogP contribution >= 0.6 is 11.3 Å². The Morgan fingerprint density at radius 2 is 2.08 bits per heavy atom. The Bertz CT molecular complexity index is 1100. The lowest BCUT2D eigenvalue weighted by Crippen LogP contribution is -2.32. The molecular weight excluding hydrogens is 362 g/mol. The van der Waals surface area contributed by atoms with Crippen LogP contribution in [-0.4, -0.2) is 24.9 Å². The third kappa shape index (κ3) is 3.44. The molecule has 0 fully saturated rings. The molecule has 0 aliphatic rings. The van der Waals surface area contributed by atoms with Gasteiger partial charge in [0, 0.05) is 17.6 Å². The summed E-state index contributed by atoms with van der Waals surface area (Å²) in [7, 11) is -2.46. The van der Waals surface area contributed by atoms with E-state index in [1.165, 1.54) is 29.8 Å². The summed E-state index contributed by atoms with van der Waals surface area (Å²) in [6.07, 6.45) is 1.59. The van der Waals surface area contributed by atoms with Crippen molar-refractivity contribution in [1.29, 1.82) is 0 Å². The third-order valence-corrected chi connectivity index (χ3v) is 6.07. The fourth-order valence-corrected chi connectivity index (χ4v) is 4.61. The van der Waals surface area contributed by atoms with E-state index >= 15 is 0 Å². The first-order valence-electron chi connectivity index (χ1n) is 7.44. The number of thiazole rings is 1. The molecular formula is C16H17N3O4S2. The minimum atomic E-state index is -4.00. The van der Waals surface area contributed by atoms with E-state index in [1.807, 2.05) is 6.92 Å². The summed E-state index contributed by atoms with van der Waals surface area (Å²) in [5.74, 6) is 0.629. The highest BCUT2D eigenvalue weighted by atomic mass is 32.2. The summed E-state index contributed by atoms with van der Waals surface area (Å²) in [6, 6.07) is 7.04. The van der Waals surface area contributed by atoms with Gasteiger partial charge in [-0.2, -0.15) is 0 Å². The van der Waals surface area contributed by atoms with Gasteiger partial charge in [-0.15, -0.1) is 11.3 Å². The molecule has 9 heteroatoms. The van der Waals surface area contributed by atoms with E-state index < -0.39 is 15.6 Å². The first-order valence-corrected chi connectivity index (χ1v) is 9.74. The fraction of sp³-hybridized carbons (Fsp3) is 0.250. The number of nitrogens with one attached hydrogen (secondary N) is 1. The van der Waals surface area contributed by atoms with Crippen molar-refractivity contribution < 1.29 is 13.2 Å². The van der Waals surface area contributed by atoms with Crippen LogP contribution in [0.1, 0.15) is 16.1 Å². The molecule has 2 heterocycles. The maximum atomic E-state index is 12.7. The molecule has 1 N–H and O–H groups in total. The quantitative estimate of drug-likeness (QED) is 0.731. The molecule has 25 heavy (non-hydrogen) atoms. The molecule has 7 nitrogen and oxygen atoms in total. The van der Waals surface area contributed by atoms with Gasteiger partial charge in [0.05, 0.1) is 12.8 Å². The van der Waals surface area contributed by atoms with E-state index in [0.717, 1.165) is 10.4 Å². The Morgan fingerprint density at radius 1 is 1.32 bits per heavy atom.